The molecule has 0 saturated carbocycles. The Morgan fingerprint density at radius 1 is 1.32 bits per heavy atom. The van der Waals surface area contributed by atoms with Gasteiger partial charge in [-0.3, -0.25) is 9.20 Å². The zero-order valence-corrected chi connectivity index (χ0v) is 16.3. The lowest BCUT2D eigenvalue weighted by molar-refractivity contribution is 0.0999. The predicted molar refractivity (Wildman–Crippen MR) is 106 cm³/mol. The molecule has 1 atom stereocenters. The third kappa shape index (κ3) is 2.98. The van der Waals surface area contributed by atoms with Crippen molar-refractivity contribution < 1.29 is 9.90 Å². The van der Waals surface area contributed by atoms with Crippen molar-refractivity contribution in [2.45, 2.75) is 32.8 Å². The summed E-state index contributed by atoms with van der Waals surface area (Å²) in [5.74, 6) is -0.452. The number of aromatic nitrogens is 5. The topological polar surface area (TPSA) is 111 Å². The number of imidazole rings is 1. The number of amides is 1. The molecule has 0 fully saturated rings. The van der Waals surface area contributed by atoms with Gasteiger partial charge in [0, 0.05) is 10.4 Å². The van der Waals surface area contributed by atoms with E-state index in [9.17, 15) is 9.90 Å². The fourth-order valence-electron chi connectivity index (χ4n) is 3.31. The first-order valence-electron chi connectivity index (χ1n) is 9.00. The number of rotatable bonds is 6. The molecule has 28 heavy (non-hydrogen) atoms. The molecule has 3 N–H and O–H groups in total. The fourth-order valence-corrected chi connectivity index (χ4v) is 4.38. The highest BCUT2D eigenvalue weighted by molar-refractivity contribution is 7.17. The van der Waals surface area contributed by atoms with E-state index >= 15 is 0 Å². The van der Waals surface area contributed by atoms with Gasteiger partial charge in [0.15, 0.2) is 0 Å². The van der Waals surface area contributed by atoms with Crippen LogP contribution < -0.4 is 5.73 Å². The molecule has 4 aromatic rings. The molecule has 0 aliphatic heterocycles. The van der Waals surface area contributed by atoms with E-state index < -0.39 is 12.0 Å². The Labute approximate surface area is 165 Å². The molecule has 0 radical (unpaired) electrons. The number of aliphatic hydroxyl groups is 1. The van der Waals surface area contributed by atoms with Gasteiger partial charge in [-0.1, -0.05) is 19.1 Å². The van der Waals surface area contributed by atoms with Gasteiger partial charge in [0.05, 0.1) is 23.8 Å². The smallest absolute Gasteiger partial charge is 0.248 e. The summed E-state index contributed by atoms with van der Waals surface area (Å²) < 4.78 is 3.48. The van der Waals surface area contributed by atoms with Crippen molar-refractivity contribution in [1.82, 2.24) is 24.4 Å². The molecule has 0 aliphatic carbocycles. The molecular weight excluding hydrogens is 376 g/mol. The van der Waals surface area contributed by atoms with Gasteiger partial charge in [0.25, 0.3) is 0 Å². The van der Waals surface area contributed by atoms with Gasteiger partial charge in [0.2, 0.25) is 5.91 Å². The highest BCUT2D eigenvalue weighted by Gasteiger charge is 2.23. The van der Waals surface area contributed by atoms with Crippen LogP contribution in [0.15, 0.2) is 36.9 Å². The van der Waals surface area contributed by atoms with Gasteiger partial charge in [-0.2, -0.15) is 0 Å². The monoisotopic (exact) mass is 396 g/mol. The van der Waals surface area contributed by atoms with E-state index in [0.29, 0.717) is 17.7 Å². The number of benzene rings is 1. The number of primary amides is 1. The second-order valence-corrected chi connectivity index (χ2v) is 7.53. The number of fused-ring (bicyclic) bond motifs is 1. The lowest BCUT2D eigenvalue weighted by Crippen LogP contribution is -2.14. The Kier molecular flexibility index (Phi) is 4.70. The largest absolute Gasteiger partial charge is 0.380 e. The van der Waals surface area contributed by atoms with E-state index in [4.69, 9.17) is 5.73 Å². The van der Waals surface area contributed by atoms with E-state index in [2.05, 4.69) is 22.2 Å². The fraction of sp³-hybridized carbons (Fsp3) is 0.263. The molecule has 1 amide bonds. The van der Waals surface area contributed by atoms with Gasteiger partial charge in [-0.05, 0) is 36.6 Å². The van der Waals surface area contributed by atoms with E-state index in [1.165, 1.54) is 0 Å². The minimum absolute atomic E-state index is 0.445. The van der Waals surface area contributed by atoms with Crippen molar-refractivity contribution in [3.63, 3.8) is 0 Å². The molecule has 144 valence electrons. The van der Waals surface area contributed by atoms with Crippen molar-refractivity contribution in [2.75, 3.05) is 0 Å². The van der Waals surface area contributed by atoms with Crippen LogP contribution in [0.1, 0.15) is 52.1 Å². The summed E-state index contributed by atoms with van der Waals surface area (Å²) in [5, 5.41) is 19.3. The molecule has 4 rings (SSSR count). The second-order valence-electron chi connectivity index (χ2n) is 6.42. The Hall–Kier alpha value is -3.04. The maximum atomic E-state index is 11.5. The molecule has 1 aromatic carbocycles. The molecule has 9 heteroatoms. The maximum Gasteiger partial charge on any atom is 0.248 e. The SMILES string of the molecule is CCc1cc(-n2cc(C(O)c3c(CC)sc4cncn34)nn2)ccc1C(N)=O. The first-order chi connectivity index (χ1) is 13.5. The average molecular weight is 396 g/mol. The van der Waals surface area contributed by atoms with Gasteiger partial charge in [-0.25, -0.2) is 9.67 Å². The molecule has 0 saturated heterocycles. The van der Waals surface area contributed by atoms with Crippen molar-refractivity contribution in [2.24, 2.45) is 5.73 Å². The van der Waals surface area contributed by atoms with Gasteiger partial charge < -0.3 is 10.8 Å². The highest BCUT2D eigenvalue weighted by Crippen LogP contribution is 2.31. The number of hydrogen-bond acceptors (Lipinski definition) is 6. The number of aliphatic hydroxyl groups excluding tert-OH is 1. The summed E-state index contributed by atoms with van der Waals surface area (Å²) >= 11 is 1.61. The summed E-state index contributed by atoms with van der Waals surface area (Å²) in [4.78, 5) is 17.8. The third-order valence-electron chi connectivity index (χ3n) is 4.75. The van der Waals surface area contributed by atoms with Crippen molar-refractivity contribution in [3.8, 4) is 5.69 Å². The Balaban J connectivity index is 1.71. The molecular formula is C19H20N6O2S. The quantitative estimate of drug-likeness (QED) is 0.519. The van der Waals surface area contributed by atoms with E-state index in [1.54, 1.807) is 46.9 Å². The predicted octanol–water partition coefficient (Wildman–Crippen LogP) is 2.28. The lowest BCUT2D eigenvalue weighted by Gasteiger charge is -2.09. The molecule has 0 spiro atoms. The summed E-state index contributed by atoms with van der Waals surface area (Å²) in [7, 11) is 0. The van der Waals surface area contributed by atoms with Crippen molar-refractivity contribution >= 4 is 22.1 Å². The number of nitrogens with two attached hydrogens (primary N) is 1. The first-order valence-corrected chi connectivity index (χ1v) is 9.82. The minimum atomic E-state index is -0.915. The van der Waals surface area contributed by atoms with Gasteiger partial charge >= 0.3 is 0 Å². The van der Waals surface area contributed by atoms with Crippen LogP contribution in [0.4, 0.5) is 0 Å². The Bertz CT molecular complexity index is 1160. The molecule has 0 aliphatic rings. The molecule has 8 nitrogen and oxygen atoms in total. The standard InChI is InChI=1S/C19H20N6O2S/c1-3-11-7-12(5-6-13(11)19(20)27)25-9-14(22-23-25)18(26)17-15(4-2)28-16-8-21-10-24(16)17/h5-10,18,26H,3-4H2,1-2H3,(H2,20,27). The van der Waals surface area contributed by atoms with E-state index in [0.717, 1.165) is 33.1 Å². The number of aryl methyl sites for hydroxylation is 2. The maximum absolute atomic E-state index is 11.5. The average Bonchev–Trinajstić information content (AvgIpc) is 3.42. The van der Waals surface area contributed by atoms with Crippen LogP contribution in [0.5, 0.6) is 0 Å². The summed E-state index contributed by atoms with van der Waals surface area (Å²) in [5.41, 5.74) is 8.73. The normalized spacial score (nSPS) is 12.5. The summed E-state index contributed by atoms with van der Waals surface area (Å²) in [6, 6.07) is 5.32. The lowest BCUT2D eigenvalue weighted by atomic mass is 10.0. The zero-order valence-electron chi connectivity index (χ0n) is 15.5. The van der Waals surface area contributed by atoms with Crippen molar-refractivity contribution in [1.29, 1.82) is 0 Å². The van der Waals surface area contributed by atoms with Crippen LogP contribution in [-0.2, 0) is 12.8 Å². The van der Waals surface area contributed by atoms with E-state index in [1.807, 2.05) is 17.4 Å². The van der Waals surface area contributed by atoms with Crippen LogP contribution in [0.3, 0.4) is 0 Å². The van der Waals surface area contributed by atoms with Gasteiger partial charge in [0.1, 0.15) is 23.0 Å². The second kappa shape index (κ2) is 7.17. The Morgan fingerprint density at radius 2 is 2.14 bits per heavy atom. The number of carbonyl (C=O) groups is 1. The zero-order chi connectivity index (χ0) is 19.8. The van der Waals surface area contributed by atoms with Crippen LogP contribution >= 0.6 is 11.3 Å². The van der Waals surface area contributed by atoms with Crippen molar-refractivity contribution in [3.05, 3.63) is 64.3 Å². The number of thiazole rings is 1. The Morgan fingerprint density at radius 3 is 2.86 bits per heavy atom. The van der Waals surface area contributed by atoms with Crippen LogP contribution in [0.25, 0.3) is 10.5 Å². The van der Waals surface area contributed by atoms with Crippen LogP contribution in [0, 0.1) is 0 Å². The highest BCUT2D eigenvalue weighted by atomic mass is 32.1. The minimum Gasteiger partial charge on any atom is -0.380 e. The summed E-state index contributed by atoms with van der Waals surface area (Å²) in [6.07, 6.45) is 5.74. The van der Waals surface area contributed by atoms with Gasteiger partial charge in [-0.15, -0.1) is 16.4 Å². The molecule has 3 aromatic heterocycles. The van der Waals surface area contributed by atoms with Crippen LogP contribution in [0.2, 0.25) is 0 Å². The number of carbonyl (C=O) groups excluding carboxylic acids is 1. The summed E-state index contributed by atoms with van der Waals surface area (Å²) in [6.45, 7) is 4.01. The molecule has 0 bridgehead atoms. The first kappa shape index (κ1) is 18.3. The number of hydrogen-bond donors (Lipinski definition) is 2. The van der Waals surface area contributed by atoms with Crippen LogP contribution in [-0.4, -0.2) is 35.4 Å². The van der Waals surface area contributed by atoms with E-state index in [-0.39, 0.29) is 0 Å². The molecule has 3 heterocycles. The third-order valence-corrected chi connectivity index (χ3v) is 6.00. The molecule has 1 unspecified atom stereocenters. The number of nitrogens with zero attached hydrogens (tertiary/aromatic N) is 5.